The summed E-state index contributed by atoms with van der Waals surface area (Å²) in [5.74, 6) is 1.46. The molecule has 204 valence electrons. The first-order valence-corrected chi connectivity index (χ1v) is 14.2. The van der Waals surface area contributed by atoms with Crippen LogP contribution >= 0.6 is 0 Å². The van der Waals surface area contributed by atoms with Crippen LogP contribution in [0.25, 0.3) is 10.9 Å². The van der Waals surface area contributed by atoms with E-state index in [-0.39, 0.29) is 29.3 Å². The van der Waals surface area contributed by atoms with E-state index in [9.17, 15) is 10.1 Å². The number of aromatic amines is 1. The minimum Gasteiger partial charge on any atom is -0.496 e. The summed E-state index contributed by atoms with van der Waals surface area (Å²) < 4.78 is 11.1. The van der Waals surface area contributed by atoms with Gasteiger partial charge in [0.2, 0.25) is 0 Å². The van der Waals surface area contributed by atoms with E-state index in [1.54, 1.807) is 7.11 Å². The number of piperidine rings is 1. The van der Waals surface area contributed by atoms with Crippen molar-refractivity contribution in [3.8, 4) is 11.8 Å². The smallest absolute Gasteiger partial charge is 0.251 e. The maximum absolute atomic E-state index is 12.9. The number of nitrogens with one attached hydrogen (secondary N) is 2. The molecule has 2 aromatic carbocycles. The van der Waals surface area contributed by atoms with Gasteiger partial charge in [-0.05, 0) is 86.9 Å². The minimum atomic E-state index is -0.0342. The lowest BCUT2D eigenvalue weighted by Gasteiger charge is -2.53. The van der Waals surface area contributed by atoms with Crippen molar-refractivity contribution < 1.29 is 14.3 Å². The number of hydrogen-bond donors (Lipinski definition) is 2. The zero-order valence-electron chi connectivity index (χ0n) is 23.1. The molecule has 3 aliphatic rings. The number of nitrogens with zero attached hydrogens (tertiary/aromatic N) is 2. The summed E-state index contributed by atoms with van der Waals surface area (Å²) in [5, 5.41) is 13.8. The van der Waals surface area contributed by atoms with Gasteiger partial charge in [0.25, 0.3) is 5.91 Å². The zero-order chi connectivity index (χ0) is 27.1. The highest BCUT2D eigenvalue weighted by Gasteiger charge is 2.49. The summed E-state index contributed by atoms with van der Waals surface area (Å²) in [6.07, 6.45) is 6.12. The topological polar surface area (TPSA) is 90.4 Å². The number of aromatic nitrogens is 1. The van der Waals surface area contributed by atoms with Crippen molar-refractivity contribution in [2.45, 2.75) is 58.2 Å². The molecular weight excluding hydrogens is 488 g/mol. The number of H-pyrrole nitrogens is 1. The molecule has 1 saturated carbocycles. The normalized spacial score (nSPS) is 26.0. The zero-order valence-corrected chi connectivity index (χ0v) is 23.1. The highest BCUT2D eigenvalue weighted by molar-refractivity contribution is 5.94. The third-order valence-corrected chi connectivity index (χ3v) is 9.52. The molecule has 0 radical (unpaired) electrons. The van der Waals surface area contributed by atoms with Gasteiger partial charge in [0.05, 0.1) is 26.4 Å². The Balaban J connectivity index is 1.27. The van der Waals surface area contributed by atoms with Crippen LogP contribution in [0.4, 0.5) is 0 Å². The van der Waals surface area contributed by atoms with Crippen molar-refractivity contribution in [2.24, 2.45) is 17.3 Å². The lowest BCUT2D eigenvalue weighted by molar-refractivity contribution is -0.0453. The molecule has 1 amide bonds. The average molecular weight is 527 g/mol. The molecule has 39 heavy (non-hydrogen) atoms. The summed E-state index contributed by atoms with van der Waals surface area (Å²) in [6.45, 7) is 7.34. The third kappa shape index (κ3) is 4.81. The number of carbonyl (C=O) groups is 1. The van der Waals surface area contributed by atoms with Crippen molar-refractivity contribution >= 4 is 16.8 Å². The van der Waals surface area contributed by atoms with E-state index in [4.69, 9.17) is 9.47 Å². The first-order valence-electron chi connectivity index (χ1n) is 14.2. The van der Waals surface area contributed by atoms with Crippen LogP contribution in [0.5, 0.6) is 5.75 Å². The van der Waals surface area contributed by atoms with E-state index in [0.717, 1.165) is 50.0 Å². The Morgan fingerprint density at radius 2 is 2.03 bits per heavy atom. The van der Waals surface area contributed by atoms with Gasteiger partial charge in [0, 0.05) is 58.7 Å². The number of aryl methyl sites for hydroxylation is 1. The Hall–Kier alpha value is -3.34. The number of carbonyl (C=O) groups excluding carboxylic acids is 1. The van der Waals surface area contributed by atoms with Crippen LogP contribution in [0.2, 0.25) is 0 Å². The number of rotatable bonds is 7. The van der Waals surface area contributed by atoms with Crippen LogP contribution in [0, 0.1) is 35.5 Å². The first kappa shape index (κ1) is 25.9. The highest BCUT2D eigenvalue weighted by atomic mass is 16.5. The van der Waals surface area contributed by atoms with Crippen molar-refractivity contribution in [1.82, 2.24) is 15.2 Å². The predicted octanol–water partition coefficient (Wildman–Crippen LogP) is 5.51. The Labute approximate surface area is 230 Å². The lowest BCUT2D eigenvalue weighted by atomic mass is 9.56. The van der Waals surface area contributed by atoms with E-state index in [1.165, 1.54) is 22.1 Å². The minimum absolute atomic E-state index is 0.0342. The molecule has 3 aromatic rings. The SMILES string of the molecule is COc1cc(C)c2[nH]ccc2c1CN1CCC2(CC(C#N)C2)C[C@H]1c1ccc(C(=O)N[C@H](C)C2COC2)cc1. The second kappa shape index (κ2) is 10.3. The Morgan fingerprint density at radius 3 is 2.69 bits per heavy atom. The van der Waals surface area contributed by atoms with Crippen molar-refractivity contribution in [3.63, 3.8) is 0 Å². The van der Waals surface area contributed by atoms with Gasteiger partial charge in [-0.15, -0.1) is 0 Å². The number of amides is 1. The average Bonchev–Trinajstić information content (AvgIpc) is 3.39. The molecule has 2 N–H and O–H groups in total. The molecule has 1 spiro atoms. The molecule has 7 heteroatoms. The van der Waals surface area contributed by atoms with Gasteiger partial charge in [-0.25, -0.2) is 0 Å². The summed E-state index contributed by atoms with van der Waals surface area (Å²) >= 11 is 0. The van der Waals surface area contributed by atoms with Crippen molar-refractivity contribution in [3.05, 3.63) is 64.8 Å². The van der Waals surface area contributed by atoms with Crippen molar-refractivity contribution in [2.75, 3.05) is 26.9 Å². The number of nitriles is 1. The molecule has 0 unspecified atom stereocenters. The van der Waals surface area contributed by atoms with Crippen LogP contribution in [0.1, 0.15) is 65.7 Å². The lowest BCUT2D eigenvalue weighted by Crippen LogP contribution is -2.48. The first-order chi connectivity index (χ1) is 18.9. The fourth-order valence-corrected chi connectivity index (χ4v) is 6.93. The van der Waals surface area contributed by atoms with E-state index in [0.29, 0.717) is 24.7 Å². The number of ether oxygens (including phenoxy) is 2. The maximum atomic E-state index is 12.9. The van der Waals surface area contributed by atoms with Gasteiger partial charge >= 0.3 is 0 Å². The number of hydrogen-bond acceptors (Lipinski definition) is 5. The molecule has 6 rings (SSSR count). The number of benzene rings is 2. The Bertz CT molecular complexity index is 1400. The maximum Gasteiger partial charge on any atom is 0.251 e. The molecular formula is C32H38N4O3. The molecule has 2 atom stereocenters. The quantitative estimate of drug-likeness (QED) is 0.424. The standard InChI is InChI=1S/C32H38N4O3/c1-20-12-29(38-3)27(26-8-10-34-30(20)26)17-36-11-9-32(13-22(14-32)16-33)15-28(36)23-4-6-24(7-5-23)31(37)35-21(2)25-18-39-19-25/h4-8,10,12,21-22,25,28,34H,9,11,13-15,17-19H2,1-3H3,(H,35,37)/t21-,22?,28+,32?/m1/s1. The Morgan fingerprint density at radius 1 is 1.26 bits per heavy atom. The van der Waals surface area contributed by atoms with Gasteiger partial charge in [-0.2, -0.15) is 5.26 Å². The molecule has 1 aliphatic carbocycles. The summed E-state index contributed by atoms with van der Waals surface area (Å²) in [4.78, 5) is 18.9. The molecule has 0 bridgehead atoms. The Kier molecular flexibility index (Phi) is 6.86. The number of fused-ring (bicyclic) bond motifs is 1. The second-order valence-electron chi connectivity index (χ2n) is 12.0. The monoisotopic (exact) mass is 526 g/mol. The van der Waals surface area contributed by atoms with E-state index in [2.05, 4.69) is 52.5 Å². The number of methoxy groups -OCH3 is 1. The van der Waals surface area contributed by atoms with Crippen LogP contribution in [0.15, 0.2) is 42.6 Å². The second-order valence-corrected chi connectivity index (χ2v) is 12.0. The van der Waals surface area contributed by atoms with E-state index >= 15 is 0 Å². The van der Waals surface area contributed by atoms with Gasteiger partial charge in [0.15, 0.2) is 0 Å². The van der Waals surface area contributed by atoms with Gasteiger partial charge in [-0.3, -0.25) is 9.69 Å². The summed E-state index contributed by atoms with van der Waals surface area (Å²) in [7, 11) is 1.75. The van der Waals surface area contributed by atoms with E-state index in [1.807, 2.05) is 25.3 Å². The van der Waals surface area contributed by atoms with Gasteiger partial charge < -0.3 is 19.8 Å². The highest BCUT2D eigenvalue weighted by Crippen LogP contribution is 2.56. The van der Waals surface area contributed by atoms with Crippen molar-refractivity contribution in [1.29, 1.82) is 5.26 Å². The van der Waals surface area contributed by atoms with Crippen LogP contribution < -0.4 is 10.1 Å². The molecule has 3 fully saturated rings. The predicted molar refractivity (Wildman–Crippen MR) is 150 cm³/mol. The third-order valence-electron chi connectivity index (χ3n) is 9.52. The van der Waals surface area contributed by atoms with Gasteiger partial charge in [0.1, 0.15) is 5.75 Å². The summed E-state index contributed by atoms with van der Waals surface area (Å²) in [6, 6.07) is 15.2. The van der Waals surface area contributed by atoms with Crippen LogP contribution in [-0.4, -0.2) is 48.7 Å². The fraction of sp³-hybridized carbons (Fsp3) is 0.500. The molecule has 7 nitrogen and oxygen atoms in total. The fourth-order valence-electron chi connectivity index (χ4n) is 6.93. The molecule has 3 heterocycles. The molecule has 1 aromatic heterocycles. The molecule has 2 aliphatic heterocycles. The summed E-state index contributed by atoms with van der Waals surface area (Å²) in [5.41, 5.74) is 5.68. The van der Waals surface area contributed by atoms with Gasteiger partial charge in [-0.1, -0.05) is 12.1 Å². The number of likely N-dealkylation sites (tertiary alicyclic amines) is 1. The largest absolute Gasteiger partial charge is 0.496 e. The van der Waals surface area contributed by atoms with Crippen LogP contribution in [-0.2, 0) is 11.3 Å². The van der Waals surface area contributed by atoms with Crippen LogP contribution in [0.3, 0.4) is 0 Å². The molecule has 2 saturated heterocycles. The van der Waals surface area contributed by atoms with E-state index < -0.39 is 0 Å².